The summed E-state index contributed by atoms with van der Waals surface area (Å²) in [7, 11) is -2.76. The van der Waals surface area contributed by atoms with E-state index in [1.54, 1.807) is 19.1 Å². The van der Waals surface area contributed by atoms with E-state index < -0.39 is 64.6 Å². The van der Waals surface area contributed by atoms with Crippen LogP contribution in [0.1, 0.15) is 64.5 Å². The standard InChI is InChI=1S/C36H43N2O10PSi.C6H15N/c1-35(2,3)50(6,7)48-32-31(29(23-45-49(41)42)46-33(32)38-22-21-30(39)37-34(38)40)47-36(24-11-9-8-10-12-24,25-13-17-27(43-4)18-14-25)26-15-19-28(44-5)20-16-26;1-4-7(5-2)6-3/h8-22,29,31-33H,23H2,1-7H3,(H,37,39,40);4-6H2,1-3H3/p+1/t29-,31-,32-,33-;/m1./s1. The van der Waals surface area contributed by atoms with Gasteiger partial charge >= 0.3 is 13.9 Å². The van der Waals surface area contributed by atoms with Crippen molar-refractivity contribution in [2.75, 3.05) is 40.5 Å². The Morgan fingerprint density at radius 2 is 1.32 bits per heavy atom. The molecule has 310 valence electrons. The van der Waals surface area contributed by atoms with Crippen LogP contribution >= 0.6 is 8.25 Å². The van der Waals surface area contributed by atoms with Gasteiger partial charge in [-0.2, -0.15) is 0 Å². The number of aromatic nitrogens is 2. The third-order valence-electron chi connectivity index (χ3n) is 11.0. The highest BCUT2D eigenvalue weighted by Crippen LogP contribution is 2.48. The lowest BCUT2D eigenvalue weighted by Crippen LogP contribution is -3.11. The Labute approximate surface area is 337 Å². The SMILES string of the molecule is CC[NH+](CC)CC.COc1ccc(C(O[C@H]2[C@@H](O[Si](C)(C)C(C)(C)C)[C@H](n3ccc(=O)[nH]c3=O)O[C@@H]2CO[P+](=O)[O-])(c2ccccc2)c2ccc(OC)cc2)cc1. The van der Waals surface area contributed by atoms with Crippen LogP contribution in [0, 0.1) is 0 Å². The molecule has 1 fully saturated rings. The summed E-state index contributed by atoms with van der Waals surface area (Å²) < 4.78 is 50.2. The summed E-state index contributed by atoms with van der Waals surface area (Å²) in [5, 5.41) is -0.284. The van der Waals surface area contributed by atoms with E-state index in [-0.39, 0.29) is 5.04 Å². The van der Waals surface area contributed by atoms with Gasteiger partial charge < -0.3 is 33.2 Å². The summed E-state index contributed by atoms with van der Waals surface area (Å²) in [5.74, 6) is 1.27. The van der Waals surface area contributed by atoms with Gasteiger partial charge in [0.25, 0.3) is 5.56 Å². The monoisotopic (exact) mass is 824 g/mol. The molecule has 1 unspecified atom stereocenters. The number of rotatable bonds is 16. The van der Waals surface area contributed by atoms with Gasteiger partial charge in [0.1, 0.15) is 42.0 Å². The van der Waals surface area contributed by atoms with Gasteiger partial charge in [0, 0.05) is 12.3 Å². The summed E-state index contributed by atoms with van der Waals surface area (Å²) in [6.07, 6.45) is -2.86. The first-order chi connectivity index (χ1) is 27.0. The number of methoxy groups -OCH3 is 2. The highest BCUT2D eigenvalue weighted by molar-refractivity contribution is 7.30. The van der Waals surface area contributed by atoms with Crippen molar-refractivity contribution < 1.29 is 42.3 Å². The van der Waals surface area contributed by atoms with Crippen molar-refractivity contribution in [2.24, 2.45) is 0 Å². The lowest BCUT2D eigenvalue weighted by atomic mass is 9.79. The van der Waals surface area contributed by atoms with Crippen molar-refractivity contribution in [1.29, 1.82) is 0 Å². The molecule has 0 bridgehead atoms. The van der Waals surface area contributed by atoms with Crippen LogP contribution < -0.4 is 30.5 Å². The first-order valence-electron chi connectivity index (χ1n) is 19.3. The summed E-state index contributed by atoms with van der Waals surface area (Å²) >= 11 is 0. The molecule has 0 spiro atoms. The number of nitrogens with one attached hydrogen (secondary N) is 2. The molecule has 0 aliphatic carbocycles. The largest absolute Gasteiger partial charge is 0.566 e. The predicted octanol–water partition coefficient (Wildman–Crippen LogP) is 5.18. The number of aromatic amines is 1. The van der Waals surface area contributed by atoms with Crippen molar-refractivity contribution in [2.45, 2.75) is 89.8 Å². The molecule has 4 aromatic rings. The third-order valence-corrected chi connectivity index (χ3v) is 15.8. The first kappa shape index (κ1) is 45.7. The number of hydrogen-bond acceptors (Lipinski definition) is 10. The average molecular weight is 825 g/mol. The molecule has 1 aliphatic rings. The zero-order valence-electron chi connectivity index (χ0n) is 34.8. The molecule has 5 atom stereocenters. The van der Waals surface area contributed by atoms with Crippen LogP contribution in [0.3, 0.4) is 0 Å². The van der Waals surface area contributed by atoms with E-state index in [9.17, 15) is 19.0 Å². The molecule has 13 nitrogen and oxygen atoms in total. The van der Waals surface area contributed by atoms with E-state index in [1.165, 1.54) is 36.5 Å². The molecular formula is C42H59N3O10PSi+. The maximum absolute atomic E-state index is 13.3. The Bertz CT molecular complexity index is 1930. The van der Waals surface area contributed by atoms with Gasteiger partial charge in [-0.25, -0.2) is 4.79 Å². The van der Waals surface area contributed by atoms with Gasteiger partial charge in [0.2, 0.25) is 0 Å². The molecule has 0 saturated carbocycles. The Hall–Kier alpha value is -3.98. The molecule has 0 radical (unpaired) electrons. The lowest BCUT2D eigenvalue weighted by molar-refractivity contribution is -0.894. The summed E-state index contributed by atoms with van der Waals surface area (Å²) in [6, 6.07) is 25.7. The molecule has 1 aliphatic heterocycles. The minimum atomic E-state index is -3.26. The second-order valence-electron chi connectivity index (χ2n) is 15.3. The molecule has 2 N–H and O–H groups in total. The van der Waals surface area contributed by atoms with Crippen LogP contribution in [0.4, 0.5) is 0 Å². The number of nitrogens with zero attached hydrogens (tertiary/aromatic N) is 1. The third kappa shape index (κ3) is 10.9. The van der Waals surface area contributed by atoms with E-state index in [1.807, 2.05) is 78.9 Å². The molecule has 57 heavy (non-hydrogen) atoms. The number of ether oxygens (including phenoxy) is 4. The van der Waals surface area contributed by atoms with Crippen LogP contribution in [0.2, 0.25) is 18.1 Å². The maximum atomic E-state index is 13.3. The second kappa shape index (κ2) is 20.1. The Kier molecular flexibility index (Phi) is 16.1. The van der Waals surface area contributed by atoms with Crippen molar-refractivity contribution in [3.63, 3.8) is 0 Å². The van der Waals surface area contributed by atoms with E-state index in [2.05, 4.69) is 59.6 Å². The molecule has 1 saturated heterocycles. The molecule has 2 heterocycles. The van der Waals surface area contributed by atoms with E-state index in [4.69, 9.17) is 27.9 Å². The smallest absolute Gasteiger partial charge is 0.488 e. The molecule has 3 aromatic carbocycles. The van der Waals surface area contributed by atoms with Gasteiger partial charge in [-0.05, 0) is 84.4 Å². The van der Waals surface area contributed by atoms with Gasteiger partial charge in [0.15, 0.2) is 14.5 Å². The Morgan fingerprint density at radius 1 is 0.807 bits per heavy atom. The van der Waals surface area contributed by atoms with Gasteiger partial charge in [-0.1, -0.05) is 75.4 Å². The van der Waals surface area contributed by atoms with Crippen LogP contribution in [-0.2, 0) is 28.6 Å². The number of quaternary nitrogens is 1. The number of benzene rings is 3. The molecule has 1 aromatic heterocycles. The quantitative estimate of drug-likeness (QED) is 0.0878. The highest BCUT2D eigenvalue weighted by atomic mass is 31.1. The summed E-state index contributed by atoms with van der Waals surface area (Å²) in [5.41, 5.74) is -0.461. The predicted molar refractivity (Wildman–Crippen MR) is 221 cm³/mol. The first-order valence-corrected chi connectivity index (χ1v) is 23.3. The summed E-state index contributed by atoms with van der Waals surface area (Å²) in [6.45, 7) is 20.4. The van der Waals surface area contributed by atoms with Crippen molar-refractivity contribution in [3.05, 3.63) is 129 Å². The van der Waals surface area contributed by atoms with Gasteiger partial charge in [-0.15, -0.1) is 4.52 Å². The van der Waals surface area contributed by atoms with Crippen LogP contribution in [0.5, 0.6) is 11.5 Å². The fourth-order valence-electron chi connectivity index (χ4n) is 6.60. The Balaban J connectivity index is 0.000000940. The average Bonchev–Trinajstić information content (AvgIpc) is 3.51. The van der Waals surface area contributed by atoms with E-state index >= 15 is 0 Å². The molecular weight excluding hydrogens is 766 g/mol. The van der Waals surface area contributed by atoms with Gasteiger partial charge in [-0.3, -0.25) is 14.3 Å². The van der Waals surface area contributed by atoms with E-state index in [0.717, 1.165) is 16.7 Å². The minimum absolute atomic E-state index is 0.284. The van der Waals surface area contributed by atoms with Crippen LogP contribution in [0.25, 0.3) is 0 Å². The molecule has 0 amide bonds. The highest BCUT2D eigenvalue weighted by Gasteiger charge is 2.55. The van der Waals surface area contributed by atoms with Gasteiger partial charge in [0.05, 0.1) is 33.9 Å². The molecule has 5 rings (SSSR count). The minimum Gasteiger partial charge on any atom is -0.566 e. The molecule has 15 heteroatoms. The second-order valence-corrected chi connectivity index (χ2v) is 20.8. The van der Waals surface area contributed by atoms with E-state index in [0.29, 0.717) is 11.5 Å². The lowest BCUT2D eigenvalue weighted by Gasteiger charge is -2.43. The van der Waals surface area contributed by atoms with Crippen molar-refractivity contribution in [3.8, 4) is 11.5 Å². The number of H-pyrrole nitrogens is 1. The normalized spacial score (nSPS) is 18.8. The maximum Gasteiger partial charge on any atom is 0.488 e. The fraction of sp³-hybridized carbons (Fsp3) is 0.476. The zero-order valence-corrected chi connectivity index (χ0v) is 36.7. The van der Waals surface area contributed by atoms with Crippen molar-refractivity contribution in [1.82, 2.24) is 9.55 Å². The fourth-order valence-corrected chi connectivity index (χ4v) is 8.15. The zero-order chi connectivity index (χ0) is 42.0. The number of hydrogen-bond donors (Lipinski definition) is 2. The topological polar surface area (TPSA) is 155 Å². The van der Waals surface area contributed by atoms with Crippen molar-refractivity contribution >= 4 is 16.6 Å². The Morgan fingerprint density at radius 3 is 1.74 bits per heavy atom. The van der Waals surface area contributed by atoms with Crippen LogP contribution in [-0.4, -0.2) is 76.6 Å². The van der Waals surface area contributed by atoms with Crippen LogP contribution in [0.15, 0.2) is 101 Å². The summed E-state index contributed by atoms with van der Waals surface area (Å²) in [4.78, 5) is 41.1.